The van der Waals surface area contributed by atoms with Crippen LogP contribution in [0.1, 0.15) is 0 Å². The number of hydrogen-bond donors (Lipinski definition) is 0. The van der Waals surface area contributed by atoms with E-state index in [4.69, 9.17) is 0 Å². The summed E-state index contributed by atoms with van der Waals surface area (Å²) in [5.74, 6) is 0. The Morgan fingerprint density at radius 2 is 0.556 bits per heavy atom. The van der Waals surface area contributed by atoms with Crippen molar-refractivity contribution in [2.75, 3.05) is 0 Å². The van der Waals surface area contributed by atoms with Gasteiger partial charge in [0.2, 0.25) is 0 Å². The fraction of sp³-hybridized carbons (Fsp3) is 0. The predicted molar refractivity (Wildman–Crippen MR) is 70.5 cm³/mol. The van der Waals surface area contributed by atoms with Crippen molar-refractivity contribution < 1.29 is 23.8 Å². The van der Waals surface area contributed by atoms with Gasteiger partial charge in [-0.05, 0) is 0 Å². The topological polar surface area (TPSA) is 126 Å². The van der Waals surface area contributed by atoms with E-state index in [0.717, 1.165) is 0 Å². The first-order valence-corrected chi connectivity index (χ1v) is 37.1. The molecule has 9 heavy (non-hydrogen) atoms. The molecule has 0 saturated heterocycles. The average molecular weight is 761 g/mol. The SMILES string of the molecule is O.O.O.O.[I][Ta]([I])([I])[I]. The van der Waals surface area contributed by atoms with E-state index in [0.29, 0.717) is 0 Å². The molecule has 0 unspecified atom stereocenters. The summed E-state index contributed by atoms with van der Waals surface area (Å²) < 4.78 is -1.34. The van der Waals surface area contributed by atoms with Crippen LogP contribution >= 0.6 is 76.1 Å². The van der Waals surface area contributed by atoms with Gasteiger partial charge in [-0.15, -0.1) is 0 Å². The Bertz CT molecular complexity index is 28.0. The van der Waals surface area contributed by atoms with E-state index in [1.807, 2.05) is 0 Å². The van der Waals surface area contributed by atoms with Gasteiger partial charge >= 0.3 is 78.0 Å². The minimum absolute atomic E-state index is 0. The second-order valence-corrected chi connectivity index (χ2v) is 141. The summed E-state index contributed by atoms with van der Waals surface area (Å²) in [6.07, 6.45) is 0. The van der Waals surface area contributed by atoms with Gasteiger partial charge in [0.25, 0.3) is 0 Å². The molecule has 0 radical (unpaired) electrons. The Balaban J connectivity index is -0.0000000133. The van der Waals surface area contributed by atoms with E-state index in [1.54, 1.807) is 0 Å². The van der Waals surface area contributed by atoms with E-state index in [2.05, 4.69) is 76.1 Å². The second kappa shape index (κ2) is 14.0. The first-order valence-electron chi connectivity index (χ1n) is 0.676. The molecule has 0 saturated carbocycles. The van der Waals surface area contributed by atoms with Crippen molar-refractivity contribution in [1.82, 2.24) is 0 Å². The van der Waals surface area contributed by atoms with Crippen LogP contribution in [0.3, 0.4) is 0 Å². The molecule has 0 amide bonds. The van der Waals surface area contributed by atoms with Crippen molar-refractivity contribution in [1.29, 1.82) is 0 Å². The van der Waals surface area contributed by atoms with Crippen molar-refractivity contribution in [3.63, 3.8) is 0 Å². The molecule has 8 N–H and O–H groups in total. The van der Waals surface area contributed by atoms with Gasteiger partial charge in [0, 0.05) is 0 Å². The van der Waals surface area contributed by atoms with Crippen LogP contribution in [0.2, 0.25) is 0 Å². The Labute approximate surface area is 97.2 Å². The summed E-state index contributed by atoms with van der Waals surface area (Å²) in [5, 5.41) is 0. The van der Waals surface area contributed by atoms with Crippen molar-refractivity contribution in [2.45, 2.75) is 0 Å². The molecular formula is H8I4O4Ta. The van der Waals surface area contributed by atoms with Crippen molar-refractivity contribution in [2.24, 2.45) is 0 Å². The Hall–Kier alpha value is 3.50. The molecule has 65 valence electrons. The van der Waals surface area contributed by atoms with Gasteiger partial charge in [0.15, 0.2) is 0 Å². The van der Waals surface area contributed by atoms with E-state index < -0.39 is 1.87 Å². The maximum atomic E-state index is 2.55. The molecule has 0 spiro atoms. The number of rotatable bonds is 0. The second-order valence-electron chi connectivity index (χ2n) is 0.383. The Kier molecular flexibility index (Phi) is 45.9. The summed E-state index contributed by atoms with van der Waals surface area (Å²) in [4.78, 5) is 0. The quantitative estimate of drug-likeness (QED) is 0.314. The van der Waals surface area contributed by atoms with Crippen LogP contribution in [0.15, 0.2) is 0 Å². The molecule has 0 heterocycles. The maximum absolute atomic E-state index is 2.55. The molecule has 0 aliphatic carbocycles. The van der Waals surface area contributed by atoms with Crippen LogP contribution in [-0.4, -0.2) is 21.9 Å². The molecule has 0 aromatic carbocycles. The molecule has 0 atom stereocenters. The molecule has 0 aliphatic rings. The van der Waals surface area contributed by atoms with Crippen molar-refractivity contribution in [3.05, 3.63) is 0 Å². The first kappa shape index (κ1) is 29.4. The van der Waals surface area contributed by atoms with Gasteiger partial charge in [-0.3, -0.25) is 0 Å². The normalized spacial score (nSPS) is 6.67. The zero-order valence-corrected chi connectivity index (χ0v) is 15.8. The van der Waals surface area contributed by atoms with Gasteiger partial charge in [0.1, 0.15) is 0 Å². The molecular weight excluding hydrogens is 753 g/mol. The van der Waals surface area contributed by atoms with Crippen LogP contribution in [0.5, 0.6) is 0 Å². The third-order valence-corrected chi connectivity index (χ3v) is 0. The molecule has 0 aromatic rings. The third kappa shape index (κ3) is 84.7. The molecule has 4 nitrogen and oxygen atoms in total. The molecule has 9 heteroatoms. The van der Waals surface area contributed by atoms with Gasteiger partial charge in [-0.25, -0.2) is 0 Å². The fourth-order valence-corrected chi connectivity index (χ4v) is 0. The van der Waals surface area contributed by atoms with Gasteiger partial charge in [-0.2, -0.15) is 0 Å². The molecule has 0 bridgehead atoms. The first-order chi connectivity index (χ1) is 2.00. The fourth-order valence-electron chi connectivity index (χ4n) is 0. The number of hydrogen-bond acceptors (Lipinski definition) is 0. The standard InChI is InChI=1S/4HI.4H2O.Ta/h4*1H;4*1H2;/q;;;;;;;;+4/p-4. The van der Waals surface area contributed by atoms with E-state index in [1.165, 1.54) is 0 Å². The molecule has 0 aliphatic heterocycles. The zero-order valence-electron chi connectivity index (χ0n) is 3.96. The van der Waals surface area contributed by atoms with Crippen LogP contribution < -0.4 is 0 Å². The van der Waals surface area contributed by atoms with Gasteiger partial charge in [0.05, 0.1) is 0 Å². The third-order valence-electron chi connectivity index (χ3n) is 0. The summed E-state index contributed by atoms with van der Waals surface area (Å²) in [6, 6.07) is 0. The Morgan fingerprint density at radius 1 is 0.556 bits per heavy atom. The average Bonchev–Trinajstić information content (AvgIpc) is 0.722. The van der Waals surface area contributed by atoms with Crippen molar-refractivity contribution in [3.8, 4) is 0 Å². The summed E-state index contributed by atoms with van der Waals surface area (Å²) in [7, 11) is 0. The zero-order chi connectivity index (χ0) is 4.50. The summed E-state index contributed by atoms with van der Waals surface area (Å²) in [6.45, 7) is 0. The summed E-state index contributed by atoms with van der Waals surface area (Å²) in [5.41, 5.74) is 0. The monoisotopic (exact) mass is 761 g/mol. The van der Waals surface area contributed by atoms with Crippen molar-refractivity contribution >= 4 is 76.1 Å². The predicted octanol–water partition coefficient (Wildman–Crippen LogP) is 0.241. The molecule has 0 aromatic heterocycles. The van der Waals surface area contributed by atoms with E-state index >= 15 is 0 Å². The molecule has 0 rings (SSSR count). The Morgan fingerprint density at radius 3 is 0.556 bits per heavy atom. The van der Waals surface area contributed by atoms with Crippen LogP contribution in [-0.2, 0) is 1.87 Å². The van der Waals surface area contributed by atoms with E-state index in [9.17, 15) is 0 Å². The van der Waals surface area contributed by atoms with Crippen LogP contribution in [0.25, 0.3) is 0 Å². The summed E-state index contributed by atoms with van der Waals surface area (Å²) >= 11 is 10.2. The van der Waals surface area contributed by atoms with Gasteiger partial charge < -0.3 is 21.9 Å². The van der Waals surface area contributed by atoms with Crippen LogP contribution in [0, 0.1) is 0 Å². The van der Waals surface area contributed by atoms with E-state index in [-0.39, 0.29) is 21.9 Å². The number of halogens is 4. The van der Waals surface area contributed by atoms with Gasteiger partial charge in [-0.1, -0.05) is 0 Å². The molecule has 0 fully saturated rings. The van der Waals surface area contributed by atoms with Crippen LogP contribution in [0.4, 0.5) is 0 Å². The minimum atomic E-state index is -1.34.